The van der Waals surface area contributed by atoms with Crippen molar-refractivity contribution < 1.29 is 0 Å². The number of fused-ring (bicyclic) bond motifs is 1. The Morgan fingerprint density at radius 2 is 1.40 bits per heavy atom. The molecule has 20 heavy (non-hydrogen) atoms. The first-order chi connectivity index (χ1) is 9.75. The van der Waals surface area contributed by atoms with Crippen LogP contribution in [0.1, 0.15) is 16.7 Å². The van der Waals surface area contributed by atoms with Gasteiger partial charge >= 0.3 is 0 Å². The van der Waals surface area contributed by atoms with E-state index in [1.54, 1.807) is 0 Å². The molecule has 3 aromatic rings. The highest BCUT2D eigenvalue weighted by atomic mass is 14.7. The van der Waals surface area contributed by atoms with Crippen LogP contribution < -0.4 is 0 Å². The molecule has 0 unspecified atom stereocenters. The Morgan fingerprint density at radius 1 is 0.750 bits per heavy atom. The molecule has 3 rings (SSSR count). The fraction of sp³-hybridized carbons (Fsp3) is 0.105. The van der Waals surface area contributed by atoms with Crippen molar-refractivity contribution in [2.45, 2.75) is 13.8 Å². The van der Waals surface area contributed by atoms with Crippen LogP contribution in [-0.2, 0) is 0 Å². The molecule has 0 aliphatic heterocycles. The Balaban J connectivity index is 2.07. The van der Waals surface area contributed by atoms with Gasteiger partial charge in [-0.15, -0.1) is 0 Å². The second kappa shape index (κ2) is 5.30. The molecule has 0 fully saturated rings. The van der Waals surface area contributed by atoms with E-state index in [1.165, 1.54) is 21.9 Å². The lowest BCUT2D eigenvalue weighted by molar-refractivity contribution is 1.33. The van der Waals surface area contributed by atoms with Crippen molar-refractivity contribution >= 4 is 22.7 Å². The van der Waals surface area contributed by atoms with Gasteiger partial charge in [-0.1, -0.05) is 60.7 Å². The summed E-state index contributed by atoms with van der Waals surface area (Å²) in [6.45, 7) is 4.20. The second-order valence-corrected chi connectivity index (χ2v) is 5.07. The highest BCUT2D eigenvalue weighted by Gasteiger charge is 2.00. The number of benzene rings is 3. The first-order valence-corrected chi connectivity index (χ1v) is 6.84. The van der Waals surface area contributed by atoms with Crippen LogP contribution in [0.25, 0.3) is 10.8 Å². The summed E-state index contributed by atoms with van der Waals surface area (Å²) >= 11 is 0. The minimum atomic E-state index is 1.07. The molecular weight excluding hydrogens is 242 g/mol. The molecule has 0 radical (unpaired) electrons. The molecule has 0 aromatic heterocycles. The Bertz CT molecular complexity index is 759. The van der Waals surface area contributed by atoms with Crippen molar-refractivity contribution in [2.24, 2.45) is 4.99 Å². The quantitative estimate of drug-likeness (QED) is 0.560. The maximum absolute atomic E-state index is 4.70. The first-order valence-electron chi connectivity index (χ1n) is 6.84. The van der Waals surface area contributed by atoms with Crippen LogP contribution in [0.2, 0.25) is 0 Å². The summed E-state index contributed by atoms with van der Waals surface area (Å²) < 4.78 is 0. The molecule has 0 saturated carbocycles. The van der Waals surface area contributed by atoms with E-state index in [1.807, 2.05) is 6.21 Å². The largest absolute Gasteiger partial charge is 0.256 e. The Hall–Kier alpha value is -2.41. The molecule has 0 aliphatic rings. The molecule has 3 aromatic carbocycles. The second-order valence-electron chi connectivity index (χ2n) is 5.07. The normalized spacial score (nSPS) is 11.3. The van der Waals surface area contributed by atoms with E-state index >= 15 is 0 Å². The van der Waals surface area contributed by atoms with Crippen LogP contribution in [-0.4, -0.2) is 6.21 Å². The van der Waals surface area contributed by atoms with Crippen LogP contribution in [0, 0.1) is 13.8 Å². The van der Waals surface area contributed by atoms with Gasteiger partial charge in [0.25, 0.3) is 0 Å². The molecule has 0 spiro atoms. The van der Waals surface area contributed by atoms with Gasteiger partial charge in [-0.05, 0) is 35.7 Å². The van der Waals surface area contributed by atoms with Crippen molar-refractivity contribution in [3.63, 3.8) is 0 Å². The van der Waals surface area contributed by atoms with Crippen molar-refractivity contribution in [1.82, 2.24) is 0 Å². The summed E-state index contributed by atoms with van der Waals surface area (Å²) in [5, 5.41) is 2.49. The van der Waals surface area contributed by atoms with Gasteiger partial charge in [-0.25, -0.2) is 0 Å². The Kier molecular flexibility index (Phi) is 3.34. The zero-order chi connectivity index (χ0) is 13.9. The van der Waals surface area contributed by atoms with Crippen LogP contribution in [0.3, 0.4) is 0 Å². The molecule has 0 heterocycles. The van der Waals surface area contributed by atoms with E-state index in [9.17, 15) is 0 Å². The Labute approximate surface area is 119 Å². The van der Waals surface area contributed by atoms with Gasteiger partial charge in [0.1, 0.15) is 0 Å². The molecule has 98 valence electrons. The molecule has 0 aliphatic carbocycles. The van der Waals surface area contributed by atoms with Gasteiger partial charge in [0.15, 0.2) is 0 Å². The molecule has 1 nitrogen and oxygen atoms in total. The average molecular weight is 259 g/mol. The zero-order valence-electron chi connectivity index (χ0n) is 11.8. The van der Waals surface area contributed by atoms with E-state index in [0.29, 0.717) is 0 Å². The maximum atomic E-state index is 4.70. The molecule has 0 saturated heterocycles. The van der Waals surface area contributed by atoms with E-state index < -0.39 is 0 Å². The standard InChI is InChI=1S/C19H17N/c1-14-7-5-8-15(2)19(14)20-13-17-11-6-10-16-9-3-4-12-18(16)17/h3-13H,1-2H3. The van der Waals surface area contributed by atoms with Crippen LogP contribution in [0.5, 0.6) is 0 Å². The van der Waals surface area contributed by atoms with Crippen molar-refractivity contribution in [1.29, 1.82) is 0 Å². The molecule has 0 amide bonds. The van der Waals surface area contributed by atoms with Crippen LogP contribution in [0.4, 0.5) is 5.69 Å². The van der Waals surface area contributed by atoms with E-state index in [2.05, 4.69) is 74.5 Å². The first kappa shape index (κ1) is 12.6. The van der Waals surface area contributed by atoms with Crippen molar-refractivity contribution in [3.8, 4) is 0 Å². The molecular formula is C19H17N. The number of rotatable bonds is 2. The number of nitrogens with zero attached hydrogens (tertiary/aromatic N) is 1. The van der Waals surface area contributed by atoms with Crippen molar-refractivity contribution in [3.05, 3.63) is 77.4 Å². The van der Waals surface area contributed by atoms with Crippen molar-refractivity contribution in [2.75, 3.05) is 0 Å². The summed E-state index contributed by atoms with van der Waals surface area (Å²) in [7, 11) is 0. The van der Waals surface area contributed by atoms with E-state index in [4.69, 9.17) is 4.99 Å². The minimum absolute atomic E-state index is 1.07. The monoisotopic (exact) mass is 259 g/mol. The molecule has 0 bridgehead atoms. The predicted octanol–water partition coefficient (Wildman–Crippen LogP) is 5.21. The summed E-state index contributed by atoms with van der Waals surface area (Å²) in [4.78, 5) is 4.70. The van der Waals surface area contributed by atoms with Gasteiger partial charge in [0.2, 0.25) is 0 Å². The lowest BCUT2D eigenvalue weighted by atomic mass is 10.1. The van der Waals surface area contributed by atoms with Gasteiger partial charge in [0, 0.05) is 11.8 Å². The number of aryl methyl sites for hydroxylation is 2. The van der Waals surface area contributed by atoms with Crippen LogP contribution in [0.15, 0.2) is 65.7 Å². The van der Waals surface area contributed by atoms with Gasteiger partial charge in [-0.3, -0.25) is 4.99 Å². The lowest BCUT2D eigenvalue weighted by Gasteiger charge is -2.05. The van der Waals surface area contributed by atoms with Gasteiger partial charge in [-0.2, -0.15) is 0 Å². The maximum Gasteiger partial charge on any atom is 0.0688 e. The molecule has 0 atom stereocenters. The smallest absolute Gasteiger partial charge is 0.0688 e. The fourth-order valence-electron chi connectivity index (χ4n) is 2.51. The lowest BCUT2D eigenvalue weighted by Crippen LogP contribution is -1.85. The fourth-order valence-corrected chi connectivity index (χ4v) is 2.51. The highest BCUT2D eigenvalue weighted by molar-refractivity contribution is 6.00. The average Bonchev–Trinajstić information content (AvgIpc) is 2.47. The summed E-state index contributed by atoms with van der Waals surface area (Å²) in [6.07, 6.45) is 1.97. The number of aliphatic imine (C=N–C) groups is 1. The molecule has 1 heteroatoms. The topological polar surface area (TPSA) is 12.4 Å². The van der Waals surface area contributed by atoms with Gasteiger partial charge < -0.3 is 0 Å². The highest BCUT2D eigenvalue weighted by Crippen LogP contribution is 2.24. The zero-order valence-corrected chi connectivity index (χ0v) is 11.8. The Morgan fingerprint density at radius 3 is 2.20 bits per heavy atom. The number of para-hydroxylation sites is 1. The third-order valence-electron chi connectivity index (χ3n) is 3.60. The predicted molar refractivity (Wildman–Crippen MR) is 87.1 cm³/mol. The van der Waals surface area contributed by atoms with Gasteiger partial charge in [0.05, 0.1) is 5.69 Å². The summed E-state index contributed by atoms with van der Waals surface area (Å²) in [5.74, 6) is 0. The number of hydrogen-bond donors (Lipinski definition) is 0. The SMILES string of the molecule is Cc1cccc(C)c1N=Cc1cccc2ccccc12. The van der Waals surface area contributed by atoms with E-state index in [0.717, 1.165) is 11.3 Å². The summed E-state index contributed by atoms with van der Waals surface area (Å²) in [5.41, 5.74) is 4.65. The third kappa shape index (κ3) is 2.35. The summed E-state index contributed by atoms with van der Waals surface area (Å²) in [6, 6.07) is 21.0. The third-order valence-corrected chi connectivity index (χ3v) is 3.60. The minimum Gasteiger partial charge on any atom is -0.256 e. The molecule has 0 N–H and O–H groups in total. The van der Waals surface area contributed by atoms with E-state index in [-0.39, 0.29) is 0 Å². The van der Waals surface area contributed by atoms with Crippen LogP contribution >= 0.6 is 0 Å². The number of hydrogen-bond acceptors (Lipinski definition) is 1.